The lowest BCUT2D eigenvalue weighted by Gasteiger charge is -2.17. The van der Waals surface area contributed by atoms with E-state index in [1.807, 2.05) is 26.0 Å². The number of unbranched alkanes of at least 4 members (excludes halogenated alkanes) is 1. The van der Waals surface area contributed by atoms with E-state index < -0.39 is 0 Å². The number of hydrogen-bond donors (Lipinski definition) is 1. The molecule has 0 aliphatic heterocycles. The number of guanidine groups is 1. The Labute approximate surface area is 123 Å². The van der Waals surface area contributed by atoms with Gasteiger partial charge in [-0.1, -0.05) is 38.5 Å². The fraction of sp³-hybridized carbons (Fsp3) is 0.923. The molecule has 1 N–H and O–H groups in total. The third kappa shape index (κ3) is 7.11. The first-order chi connectivity index (χ1) is 7.74. The van der Waals surface area contributed by atoms with Crippen LogP contribution in [0, 0.1) is 5.92 Å². The largest absolute Gasteiger partial charge is 0.356 e. The molecule has 0 heterocycles. The summed E-state index contributed by atoms with van der Waals surface area (Å²) in [5.41, 5.74) is 0. The van der Waals surface area contributed by atoms with Crippen LogP contribution in [0.15, 0.2) is 4.99 Å². The highest BCUT2D eigenvalue weighted by atomic mass is 127. The zero-order chi connectivity index (χ0) is 11.8. The zero-order valence-corrected chi connectivity index (χ0v) is 13.9. The molecule has 0 aromatic heterocycles. The topological polar surface area (TPSA) is 27.6 Å². The van der Waals surface area contributed by atoms with Crippen molar-refractivity contribution in [2.75, 3.05) is 27.7 Å². The number of rotatable bonds is 5. The molecule has 1 fully saturated rings. The summed E-state index contributed by atoms with van der Waals surface area (Å²) in [5, 5.41) is 3.37. The molecule has 0 radical (unpaired) electrons. The monoisotopic (exact) mass is 353 g/mol. The molecule has 3 nitrogen and oxygen atoms in total. The van der Waals surface area contributed by atoms with Crippen molar-refractivity contribution >= 4 is 29.9 Å². The summed E-state index contributed by atoms with van der Waals surface area (Å²) < 4.78 is 0. The summed E-state index contributed by atoms with van der Waals surface area (Å²) >= 11 is 0. The van der Waals surface area contributed by atoms with Crippen molar-refractivity contribution in [2.45, 2.75) is 44.9 Å². The van der Waals surface area contributed by atoms with E-state index in [0.29, 0.717) is 0 Å². The standard InChI is InChI=1S/C13H27N3.HI/c1-14-13(16(2)3)15-11-7-6-10-12-8-4-5-9-12;/h12H,4-11H2,1-3H3,(H,14,15);1H. The van der Waals surface area contributed by atoms with Crippen LogP contribution in [0.1, 0.15) is 44.9 Å². The van der Waals surface area contributed by atoms with Gasteiger partial charge in [0.1, 0.15) is 0 Å². The number of aliphatic imine (C=N–C) groups is 1. The van der Waals surface area contributed by atoms with E-state index in [2.05, 4.69) is 10.3 Å². The first-order valence-electron chi connectivity index (χ1n) is 6.62. The third-order valence-electron chi connectivity index (χ3n) is 3.43. The highest BCUT2D eigenvalue weighted by Gasteiger charge is 2.13. The maximum absolute atomic E-state index is 4.19. The van der Waals surface area contributed by atoms with Crippen molar-refractivity contribution in [1.29, 1.82) is 0 Å². The molecule has 0 amide bonds. The van der Waals surface area contributed by atoms with Crippen LogP contribution >= 0.6 is 24.0 Å². The van der Waals surface area contributed by atoms with Crippen LogP contribution in [-0.4, -0.2) is 38.5 Å². The lowest BCUT2D eigenvalue weighted by atomic mass is 10.0. The number of halogens is 1. The van der Waals surface area contributed by atoms with Crippen LogP contribution in [0.2, 0.25) is 0 Å². The van der Waals surface area contributed by atoms with Gasteiger partial charge in [0.05, 0.1) is 0 Å². The summed E-state index contributed by atoms with van der Waals surface area (Å²) in [4.78, 5) is 6.22. The highest BCUT2D eigenvalue weighted by Crippen LogP contribution is 2.28. The SMILES string of the molecule is CN=C(NCCCCC1CCCC1)N(C)C.I. The van der Waals surface area contributed by atoms with E-state index in [4.69, 9.17) is 0 Å². The van der Waals surface area contributed by atoms with Gasteiger partial charge in [0.25, 0.3) is 0 Å². The second-order valence-electron chi connectivity index (χ2n) is 5.01. The molecule has 0 aromatic carbocycles. The summed E-state index contributed by atoms with van der Waals surface area (Å²) in [5.74, 6) is 2.02. The van der Waals surface area contributed by atoms with Gasteiger partial charge in [-0.2, -0.15) is 0 Å². The second kappa shape index (κ2) is 9.97. The Hall–Kier alpha value is 0. The maximum Gasteiger partial charge on any atom is 0.193 e. The molecule has 0 aromatic rings. The molecule has 0 spiro atoms. The van der Waals surface area contributed by atoms with Crippen molar-refractivity contribution in [2.24, 2.45) is 10.9 Å². The summed E-state index contributed by atoms with van der Waals surface area (Å²) in [6, 6.07) is 0. The van der Waals surface area contributed by atoms with Gasteiger partial charge in [0.2, 0.25) is 0 Å². The molecule has 1 aliphatic carbocycles. The summed E-state index contributed by atoms with van der Waals surface area (Å²) in [6.07, 6.45) is 9.96. The van der Waals surface area contributed by atoms with E-state index in [-0.39, 0.29) is 24.0 Å². The van der Waals surface area contributed by atoms with Gasteiger partial charge < -0.3 is 10.2 Å². The maximum atomic E-state index is 4.19. The molecular weight excluding hydrogens is 325 g/mol. The Balaban J connectivity index is 0.00000256. The molecule has 102 valence electrons. The van der Waals surface area contributed by atoms with Crippen molar-refractivity contribution < 1.29 is 0 Å². The fourth-order valence-corrected chi connectivity index (χ4v) is 2.49. The molecular formula is C13H28IN3. The summed E-state index contributed by atoms with van der Waals surface area (Å²) in [6.45, 7) is 1.05. The third-order valence-corrected chi connectivity index (χ3v) is 3.43. The van der Waals surface area contributed by atoms with Gasteiger partial charge in [-0.05, 0) is 12.3 Å². The van der Waals surface area contributed by atoms with Gasteiger partial charge in [0.15, 0.2) is 5.96 Å². The lowest BCUT2D eigenvalue weighted by Crippen LogP contribution is -2.36. The number of nitrogens with zero attached hydrogens (tertiary/aromatic N) is 2. The predicted molar refractivity (Wildman–Crippen MR) is 86.3 cm³/mol. The molecule has 0 unspecified atom stereocenters. The number of nitrogens with one attached hydrogen (secondary N) is 1. The fourth-order valence-electron chi connectivity index (χ4n) is 2.49. The minimum Gasteiger partial charge on any atom is -0.356 e. The van der Waals surface area contributed by atoms with Crippen LogP contribution in [-0.2, 0) is 0 Å². The lowest BCUT2D eigenvalue weighted by molar-refractivity contribution is 0.470. The van der Waals surface area contributed by atoms with Gasteiger partial charge >= 0.3 is 0 Å². The van der Waals surface area contributed by atoms with Crippen molar-refractivity contribution in [3.05, 3.63) is 0 Å². The van der Waals surface area contributed by atoms with E-state index >= 15 is 0 Å². The minimum absolute atomic E-state index is 0. The first-order valence-corrected chi connectivity index (χ1v) is 6.62. The molecule has 4 heteroatoms. The highest BCUT2D eigenvalue weighted by molar-refractivity contribution is 14.0. The van der Waals surface area contributed by atoms with E-state index in [9.17, 15) is 0 Å². The molecule has 0 bridgehead atoms. The average molecular weight is 353 g/mol. The molecule has 17 heavy (non-hydrogen) atoms. The normalized spacial score (nSPS) is 16.8. The molecule has 1 saturated carbocycles. The number of hydrogen-bond acceptors (Lipinski definition) is 1. The molecule has 1 aliphatic rings. The van der Waals surface area contributed by atoms with Gasteiger partial charge in [0, 0.05) is 27.7 Å². The molecule has 0 atom stereocenters. The Morgan fingerprint density at radius 2 is 1.88 bits per heavy atom. The Morgan fingerprint density at radius 1 is 1.24 bits per heavy atom. The first kappa shape index (κ1) is 17.0. The Bertz CT molecular complexity index is 211. The van der Waals surface area contributed by atoms with Gasteiger partial charge in [-0.3, -0.25) is 4.99 Å². The Morgan fingerprint density at radius 3 is 2.41 bits per heavy atom. The van der Waals surface area contributed by atoms with Crippen LogP contribution < -0.4 is 5.32 Å². The average Bonchev–Trinajstić information content (AvgIpc) is 2.75. The van der Waals surface area contributed by atoms with Crippen molar-refractivity contribution in [3.8, 4) is 0 Å². The van der Waals surface area contributed by atoms with E-state index in [0.717, 1.165) is 18.4 Å². The minimum atomic E-state index is 0. The predicted octanol–water partition coefficient (Wildman–Crippen LogP) is 3.10. The van der Waals surface area contributed by atoms with Crippen LogP contribution in [0.25, 0.3) is 0 Å². The van der Waals surface area contributed by atoms with Crippen molar-refractivity contribution in [1.82, 2.24) is 10.2 Å². The van der Waals surface area contributed by atoms with E-state index in [1.165, 1.54) is 44.9 Å². The zero-order valence-electron chi connectivity index (χ0n) is 11.5. The quantitative estimate of drug-likeness (QED) is 0.356. The van der Waals surface area contributed by atoms with Crippen LogP contribution in [0.4, 0.5) is 0 Å². The van der Waals surface area contributed by atoms with Gasteiger partial charge in [-0.25, -0.2) is 0 Å². The Kier molecular flexibility index (Phi) is 9.97. The smallest absolute Gasteiger partial charge is 0.193 e. The van der Waals surface area contributed by atoms with E-state index in [1.54, 1.807) is 0 Å². The van der Waals surface area contributed by atoms with Crippen molar-refractivity contribution in [3.63, 3.8) is 0 Å². The van der Waals surface area contributed by atoms with Crippen LogP contribution in [0.5, 0.6) is 0 Å². The molecule has 0 saturated heterocycles. The van der Waals surface area contributed by atoms with Crippen LogP contribution in [0.3, 0.4) is 0 Å². The van der Waals surface area contributed by atoms with Gasteiger partial charge in [-0.15, -0.1) is 24.0 Å². The summed E-state index contributed by atoms with van der Waals surface area (Å²) in [7, 11) is 5.88. The molecule has 1 rings (SSSR count). The second-order valence-corrected chi connectivity index (χ2v) is 5.01.